The number of nitrogens with zero attached hydrogens (tertiary/aromatic N) is 1. The van der Waals surface area contributed by atoms with Gasteiger partial charge in [-0.05, 0) is 44.4 Å². The summed E-state index contributed by atoms with van der Waals surface area (Å²) in [5, 5.41) is 11.6. The monoisotopic (exact) mass is 439 g/mol. The summed E-state index contributed by atoms with van der Waals surface area (Å²) in [5.41, 5.74) is 0.692. The van der Waals surface area contributed by atoms with Crippen LogP contribution in [-0.2, 0) is 0 Å². The summed E-state index contributed by atoms with van der Waals surface area (Å²) in [6.07, 6.45) is 4.31. The number of carbonyl (C=O) groups excluding carboxylic acids is 1. The van der Waals surface area contributed by atoms with Crippen LogP contribution >= 0.6 is 0 Å². The quantitative estimate of drug-likeness (QED) is 0.712. The molecule has 0 unspecified atom stereocenters. The second-order valence-electron chi connectivity index (χ2n) is 8.69. The number of likely N-dealkylation sites (tertiary alicyclic amines) is 1. The summed E-state index contributed by atoms with van der Waals surface area (Å²) in [6, 6.07) is 12.9. The summed E-state index contributed by atoms with van der Waals surface area (Å²) in [7, 11) is 3.15. The predicted octanol–water partition coefficient (Wildman–Crippen LogP) is 4.61. The molecule has 32 heavy (non-hydrogen) atoms. The van der Waals surface area contributed by atoms with Gasteiger partial charge in [-0.2, -0.15) is 0 Å². The van der Waals surface area contributed by atoms with Gasteiger partial charge in [0, 0.05) is 24.1 Å². The summed E-state index contributed by atoms with van der Waals surface area (Å²) in [4.78, 5) is 15.8. The second-order valence-corrected chi connectivity index (χ2v) is 8.69. The first-order valence-corrected chi connectivity index (χ1v) is 11.5. The van der Waals surface area contributed by atoms with E-state index >= 15 is 0 Å². The lowest BCUT2D eigenvalue weighted by atomic mass is 9.66. The van der Waals surface area contributed by atoms with Gasteiger partial charge in [-0.3, -0.25) is 4.79 Å². The van der Waals surface area contributed by atoms with Gasteiger partial charge in [0.2, 0.25) is 0 Å². The lowest BCUT2D eigenvalue weighted by Crippen LogP contribution is -2.56. The normalized spacial score (nSPS) is 25.1. The molecule has 2 aromatic carbocycles. The van der Waals surface area contributed by atoms with Gasteiger partial charge in [-0.15, -0.1) is 0 Å². The Balaban J connectivity index is 1.79. The maximum atomic E-state index is 13.9. The molecule has 1 N–H and O–H groups in total. The Kier molecular flexibility index (Phi) is 6.60. The Hall–Kier alpha value is -2.73. The van der Waals surface area contributed by atoms with Crippen molar-refractivity contribution in [3.63, 3.8) is 0 Å². The van der Waals surface area contributed by atoms with Crippen molar-refractivity contribution in [1.82, 2.24) is 4.90 Å². The molecule has 6 nitrogen and oxygen atoms in total. The van der Waals surface area contributed by atoms with E-state index in [1.807, 2.05) is 36.1 Å². The van der Waals surface area contributed by atoms with Crippen LogP contribution in [0, 0.1) is 5.92 Å². The number of benzene rings is 2. The molecular weight excluding hydrogens is 406 g/mol. The number of ether oxygens (including phenoxy) is 3. The highest BCUT2D eigenvalue weighted by atomic mass is 16.5. The number of para-hydroxylation sites is 1. The molecule has 6 heteroatoms. The molecule has 1 heterocycles. The van der Waals surface area contributed by atoms with Crippen molar-refractivity contribution in [1.29, 1.82) is 0 Å². The van der Waals surface area contributed by atoms with E-state index in [2.05, 4.69) is 0 Å². The number of piperidine rings is 1. The number of rotatable bonds is 6. The minimum absolute atomic E-state index is 0.0419. The number of aliphatic hydroxyl groups is 1. The second kappa shape index (κ2) is 9.41. The molecule has 0 radical (unpaired) electrons. The van der Waals surface area contributed by atoms with E-state index in [4.69, 9.17) is 14.2 Å². The van der Waals surface area contributed by atoms with Gasteiger partial charge in [0.25, 0.3) is 5.91 Å². The zero-order chi connectivity index (χ0) is 22.7. The van der Waals surface area contributed by atoms with Gasteiger partial charge in [0.1, 0.15) is 17.2 Å². The minimum Gasteiger partial charge on any atom is -0.497 e. The molecule has 0 aromatic heterocycles. The molecule has 3 atom stereocenters. The third kappa shape index (κ3) is 4.04. The van der Waals surface area contributed by atoms with Crippen molar-refractivity contribution in [3.05, 3.63) is 53.6 Å². The van der Waals surface area contributed by atoms with Crippen LogP contribution in [0.1, 0.15) is 61.0 Å². The molecule has 1 aliphatic carbocycles. The first kappa shape index (κ1) is 22.5. The Bertz CT molecular complexity index is 961. The van der Waals surface area contributed by atoms with Crippen LogP contribution in [0.3, 0.4) is 0 Å². The van der Waals surface area contributed by atoms with Gasteiger partial charge in [-0.1, -0.05) is 31.0 Å². The summed E-state index contributed by atoms with van der Waals surface area (Å²) in [5.74, 6) is 1.75. The summed E-state index contributed by atoms with van der Waals surface area (Å²) < 4.78 is 16.8. The van der Waals surface area contributed by atoms with Crippen molar-refractivity contribution < 1.29 is 24.1 Å². The molecule has 172 valence electrons. The maximum absolute atomic E-state index is 13.9. The van der Waals surface area contributed by atoms with Crippen molar-refractivity contribution in [2.75, 3.05) is 27.4 Å². The highest BCUT2D eigenvalue weighted by molar-refractivity contribution is 5.97. The van der Waals surface area contributed by atoms with E-state index in [-0.39, 0.29) is 17.9 Å². The molecule has 2 aliphatic rings. The molecule has 2 fully saturated rings. The lowest BCUT2D eigenvalue weighted by Gasteiger charge is -2.52. The Morgan fingerprint density at radius 2 is 1.91 bits per heavy atom. The summed E-state index contributed by atoms with van der Waals surface area (Å²) >= 11 is 0. The number of hydrogen-bond donors (Lipinski definition) is 1. The molecule has 2 aromatic rings. The Labute approximate surface area is 190 Å². The summed E-state index contributed by atoms with van der Waals surface area (Å²) in [6.45, 7) is 2.98. The number of amides is 1. The fourth-order valence-corrected chi connectivity index (χ4v) is 5.44. The minimum atomic E-state index is -0.761. The molecular formula is C26H33NO5. The zero-order valence-electron chi connectivity index (χ0n) is 19.2. The standard InChI is InChI=1S/C26H33NO5/c1-4-32-22-11-6-5-9-19(22)24-21-10-7-8-14-26(21,29)15-16-27(24)25(28)20-13-12-18(30-2)17-23(20)31-3/h5-6,9,11-13,17,21,24,29H,4,7-8,10,14-16H2,1-3H3/t21-,24-,26-/m0/s1. The molecule has 1 saturated carbocycles. The average Bonchev–Trinajstić information content (AvgIpc) is 2.82. The third-order valence-corrected chi connectivity index (χ3v) is 7.01. The van der Waals surface area contributed by atoms with E-state index in [1.54, 1.807) is 32.4 Å². The van der Waals surface area contributed by atoms with Gasteiger partial charge in [0.15, 0.2) is 0 Å². The van der Waals surface area contributed by atoms with E-state index in [0.717, 1.165) is 37.0 Å². The fraction of sp³-hybridized carbons (Fsp3) is 0.500. The Morgan fingerprint density at radius 3 is 2.66 bits per heavy atom. The largest absolute Gasteiger partial charge is 0.497 e. The number of methoxy groups -OCH3 is 2. The molecule has 1 aliphatic heterocycles. The van der Waals surface area contributed by atoms with E-state index < -0.39 is 5.60 Å². The van der Waals surface area contributed by atoms with Crippen LogP contribution in [-0.4, -0.2) is 48.9 Å². The molecule has 1 amide bonds. The molecule has 4 rings (SSSR count). The van der Waals surface area contributed by atoms with Crippen molar-refractivity contribution in [3.8, 4) is 17.2 Å². The van der Waals surface area contributed by atoms with E-state index in [1.165, 1.54) is 0 Å². The first-order chi connectivity index (χ1) is 15.5. The van der Waals surface area contributed by atoms with Crippen LogP contribution in [0.15, 0.2) is 42.5 Å². The molecule has 0 spiro atoms. The predicted molar refractivity (Wildman–Crippen MR) is 122 cm³/mol. The van der Waals surface area contributed by atoms with Crippen molar-refractivity contribution in [2.45, 2.75) is 50.7 Å². The van der Waals surface area contributed by atoms with E-state index in [0.29, 0.717) is 36.6 Å². The molecule has 0 bridgehead atoms. The number of fused-ring (bicyclic) bond motifs is 1. The number of carbonyl (C=O) groups is 1. The van der Waals surface area contributed by atoms with Crippen LogP contribution in [0.25, 0.3) is 0 Å². The maximum Gasteiger partial charge on any atom is 0.258 e. The van der Waals surface area contributed by atoms with Crippen LogP contribution in [0.2, 0.25) is 0 Å². The lowest BCUT2D eigenvalue weighted by molar-refractivity contribution is -0.115. The van der Waals surface area contributed by atoms with Crippen LogP contribution in [0.4, 0.5) is 0 Å². The zero-order valence-corrected chi connectivity index (χ0v) is 19.2. The van der Waals surface area contributed by atoms with Crippen molar-refractivity contribution in [2.24, 2.45) is 5.92 Å². The van der Waals surface area contributed by atoms with Crippen LogP contribution < -0.4 is 14.2 Å². The smallest absolute Gasteiger partial charge is 0.258 e. The third-order valence-electron chi connectivity index (χ3n) is 7.01. The van der Waals surface area contributed by atoms with Gasteiger partial charge < -0.3 is 24.2 Å². The highest BCUT2D eigenvalue weighted by Crippen LogP contribution is 2.51. The SMILES string of the molecule is CCOc1ccccc1[C@H]1[C@@H]2CCCC[C@]2(O)CCN1C(=O)c1ccc(OC)cc1OC. The Morgan fingerprint density at radius 1 is 1.09 bits per heavy atom. The highest BCUT2D eigenvalue weighted by Gasteiger charge is 2.51. The van der Waals surface area contributed by atoms with Gasteiger partial charge in [0.05, 0.1) is 38.0 Å². The van der Waals surface area contributed by atoms with Gasteiger partial charge in [-0.25, -0.2) is 0 Å². The van der Waals surface area contributed by atoms with Crippen molar-refractivity contribution >= 4 is 5.91 Å². The number of hydrogen-bond acceptors (Lipinski definition) is 5. The average molecular weight is 440 g/mol. The first-order valence-electron chi connectivity index (χ1n) is 11.5. The van der Waals surface area contributed by atoms with E-state index in [9.17, 15) is 9.90 Å². The van der Waals surface area contributed by atoms with Crippen LogP contribution in [0.5, 0.6) is 17.2 Å². The topological polar surface area (TPSA) is 68.2 Å². The van der Waals surface area contributed by atoms with Gasteiger partial charge >= 0.3 is 0 Å². The molecule has 1 saturated heterocycles. The fourth-order valence-electron chi connectivity index (χ4n) is 5.44.